The molecule has 1 aromatic carbocycles. The normalized spacial score (nSPS) is 15.5. The molecule has 0 spiro atoms. The number of furan rings is 1. The highest BCUT2D eigenvalue weighted by molar-refractivity contribution is 5.93. The number of nitrogens with one attached hydrogen (secondary N) is 2. The van der Waals surface area contributed by atoms with Crippen LogP contribution in [0.2, 0.25) is 0 Å². The lowest BCUT2D eigenvalue weighted by Crippen LogP contribution is -2.22. The van der Waals surface area contributed by atoms with Crippen molar-refractivity contribution in [1.29, 1.82) is 0 Å². The van der Waals surface area contributed by atoms with Crippen LogP contribution in [-0.2, 0) is 11.2 Å². The summed E-state index contributed by atoms with van der Waals surface area (Å²) >= 11 is 0. The van der Waals surface area contributed by atoms with Crippen LogP contribution >= 0.6 is 0 Å². The van der Waals surface area contributed by atoms with E-state index in [-0.39, 0.29) is 17.8 Å². The van der Waals surface area contributed by atoms with Gasteiger partial charge in [-0.2, -0.15) is 0 Å². The van der Waals surface area contributed by atoms with Crippen LogP contribution in [0.1, 0.15) is 34.9 Å². The topological polar surface area (TPSA) is 54.3 Å². The Labute approximate surface area is 122 Å². The molecule has 2 heterocycles. The maximum atomic E-state index is 14.4. The predicted octanol–water partition coefficient (Wildman–Crippen LogP) is 2.92. The molecule has 2 aromatic rings. The summed E-state index contributed by atoms with van der Waals surface area (Å²) in [7, 11) is 1.79. The number of carbonyl (C=O) groups excluding carboxylic acids is 1. The van der Waals surface area contributed by atoms with Gasteiger partial charge in [0.15, 0.2) is 0 Å². The van der Waals surface area contributed by atoms with Gasteiger partial charge in [0.25, 0.3) is 0 Å². The number of hydrogen-bond donors (Lipinski definition) is 2. The zero-order chi connectivity index (χ0) is 15.0. The Morgan fingerprint density at radius 1 is 1.33 bits per heavy atom. The van der Waals surface area contributed by atoms with Crippen LogP contribution < -0.4 is 10.6 Å². The third kappa shape index (κ3) is 2.45. The molecule has 1 atom stereocenters. The van der Waals surface area contributed by atoms with Gasteiger partial charge in [0.1, 0.15) is 11.6 Å². The Balaban J connectivity index is 2.05. The van der Waals surface area contributed by atoms with E-state index in [1.807, 2.05) is 19.1 Å². The van der Waals surface area contributed by atoms with Crippen LogP contribution in [0, 0.1) is 12.7 Å². The van der Waals surface area contributed by atoms with E-state index in [9.17, 15) is 9.18 Å². The maximum Gasteiger partial charge on any atom is 0.224 e. The van der Waals surface area contributed by atoms with Crippen LogP contribution in [0.3, 0.4) is 0 Å². The first kappa shape index (κ1) is 13.8. The summed E-state index contributed by atoms with van der Waals surface area (Å²) in [5, 5.41) is 5.84. The highest BCUT2D eigenvalue weighted by Crippen LogP contribution is 2.32. The second-order valence-electron chi connectivity index (χ2n) is 5.23. The van der Waals surface area contributed by atoms with Crippen molar-refractivity contribution in [3.05, 3.63) is 52.7 Å². The van der Waals surface area contributed by atoms with E-state index in [2.05, 4.69) is 10.6 Å². The lowest BCUT2D eigenvalue weighted by molar-refractivity contribution is -0.116. The molecule has 0 fully saturated rings. The van der Waals surface area contributed by atoms with Crippen molar-refractivity contribution in [3.8, 4) is 0 Å². The fourth-order valence-electron chi connectivity index (χ4n) is 2.82. The van der Waals surface area contributed by atoms with Crippen LogP contribution in [0.5, 0.6) is 0 Å². The Morgan fingerprint density at radius 2 is 2.14 bits per heavy atom. The van der Waals surface area contributed by atoms with Crippen molar-refractivity contribution in [2.24, 2.45) is 0 Å². The number of aryl methyl sites for hydroxylation is 2. The fraction of sp³-hybridized carbons (Fsp3) is 0.312. The molecule has 1 amide bonds. The van der Waals surface area contributed by atoms with Gasteiger partial charge in [0, 0.05) is 23.2 Å². The van der Waals surface area contributed by atoms with Gasteiger partial charge < -0.3 is 15.1 Å². The van der Waals surface area contributed by atoms with E-state index < -0.39 is 0 Å². The van der Waals surface area contributed by atoms with Gasteiger partial charge in [-0.25, -0.2) is 4.39 Å². The van der Waals surface area contributed by atoms with Crippen LogP contribution in [-0.4, -0.2) is 13.0 Å². The predicted molar refractivity (Wildman–Crippen MR) is 77.7 cm³/mol. The van der Waals surface area contributed by atoms with Crippen molar-refractivity contribution < 1.29 is 13.6 Å². The van der Waals surface area contributed by atoms with Gasteiger partial charge in [-0.3, -0.25) is 4.79 Å². The number of rotatable bonds is 3. The summed E-state index contributed by atoms with van der Waals surface area (Å²) in [6, 6.07) is 4.81. The molecule has 0 saturated heterocycles. The third-order valence-corrected chi connectivity index (χ3v) is 3.93. The summed E-state index contributed by atoms with van der Waals surface area (Å²) in [6.07, 6.45) is 2.67. The van der Waals surface area contributed by atoms with Gasteiger partial charge in [-0.05, 0) is 44.2 Å². The van der Waals surface area contributed by atoms with Crippen molar-refractivity contribution in [2.75, 3.05) is 12.4 Å². The number of halogens is 1. The van der Waals surface area contributed by atoms with E-state index in [0.717, 1.165) is 16.9 Å². The van der Waals surface area contributed by atoms with Gasteiger partial charge in [-0.1, -0.05) is 0 Å². The van der Waals surface area contributed by atoms with Crippen LogP contribution in [0.25, 0.3) is 0 Å². The highest BCUT2D eigenvalue weighted by atomic mass is 19.1. The molecular formula is C16H17FN2O2. The molecule has 21 heavy (non-hydrogen) atoms. The summed E-state index contributed by atoms with van der Waals surface area (Å²) in [4.78, 5) is 11.4. The van der Waals surface area contributed by atoms with Gasteiger partial charge >= 0.3 is 0 Å². The molecule has 3 rings (SSSR count). The van der Waals surface area contributed by atoms with Crippen molar-refractivity contribution in [1.82, 2.24) is 5.32 Å². The summed E-state index contributed by atoms with van der Waals surface area (Å²) in [6.45, 7) is 1.86. The average Bonchev–Trinajstić information content (AvgIpc) is 2.87. The summed E-state index contributed by atoms with van der Waals surface area (Å²) in [5.41, 5.74) is 3.02. The van der Waals surface area contributed by atoms with E-state index in [1.165, 1.54) is 6.07 Å². The molecule has 1 aliphatic heterocycles. The molecule has 1 aromatic heterocycles. The van der Waals surface area contributed by atoms with Gasteiger partial charge in [0.2, 0.25) is 5.91 Å². The summed E-state index contributed by atoms with van der Waals surface area (Å²) < 4.78 is 19.8. The molecular weight excluding hydrogens is 271 g/mol. The van der Waals surface area contributed by atoms with Gasteiger partial charge in [-0.15, -0.1) is 0 Å². The first-order chi connectivity index (χ1) is 10.1. The highest BCUT2D eigenvalue weighted by Gasteiger charge is 2.23. The number of hydrogen-bond acceptors (Lipinski definition) is 3. The standard InChI is InChI=1S/C16H17FN2O2/c1-9-11(5-6-21-9)16(18-2)12-7-10-3-4-15(20)19-14(10)8-13(12)17/h5-8,16,18H,3-4H2,1-2H3,(H,19,20). The van der Waals surface area contributed by atoms with Crippen LogP contribution in [0.15, 0.2) is 28.9 Å². The molecule has 4 nitrogen and oxygen atoms in total. The number of benzene rings is 1. The van der Waals surface area contributed by atoms with Crippen LogP contribution in [0.4, 0.5) is 10.1 Å². The van der Waals surface area contributed by atoms with Crippen molar-refractivity contribution >= 4 is 11.6 Å². The van der Waals surface area contributed by atoms with E-state index in [1.54, 1.807) is 13.3 Å². The zero-order valence-corrected chi connectivity index (χ0v) is 12.0. The smallest absolute Gasteiger partial charge is 0.224 e. The maximum absolute atomic E-state index is 14.4. The molecule has 0 saturated carbocycles. The Bertz CT molecular complexity index is 694. The molecule has 2 N–H and O–H groups in total. The largest absolute Gasteiger partial charge is 0.469 e. The molecule has 1 aliphatic rings. The monoisotopic (exact) mass is 288 g/mol. The SMILES string of the molecule is CNC(c1cc2c(cc1F)NC(=O)CC2)c1ccoc1C. The van der Waals surface area contributed by atoms with E-state index in [0.29, 0.717) is 24.1 Å². The molecule has 1 unspecified atom stereocenters. The van der Waals surface area contributed by atoms with E-state index in [4.69, 9.17) is 4.42 Å². The first-order valence-corrected chi connectivity index (χ1v) is 6.93. The Morgan fingerprint density at radius 3 is 2.81 bits per heavy atom. The summed E-state index contributed by atoms with van der Waals surface area (Å²) in [5.74, 6) is 0.362. The number of amides is 1. The number of carbonyl (C=O) groups is 1. The second-order valence-corrected chi connectivity index (χ2v) is 5.23. The van der Waals surface area contributed by atoms with E-state index >= 15 is 0 Å². The van der Waals surface area contributed by atoms with Gasteiger partial charge in [0.05, 0.1) is 12.3 Å². The fourth-order valence-corrected chi connectivity index (χ4v) is 2.82. The lowest BCUT2D eigenvalue weighted by atomic mass is 9.93. The molecule has 110 valence electrons. The molecule has 0 aliphatic carbocycles. The quantitative estimate of drug-likeness (QED) is 0.913. The minimum absolute atomic E-state index is 0.0644. The molecule has 5 heteroatoms. The van der Waals surface area contributed by atoms with Crippen molar-refractivity contribution in [2.45, 2.75) is 25.8 Å². The minimum Gasteiger partial charge on any atom is -0.469 e. The lowest BCUT2D eigenvalue weighted by Gasteiger charge is -2.22. The first-order valence-electron chi connectivity index (χ1n) is 6.93. The van der Waals surface area contributed by atoms with Crippen molar-refractivity contribution in [3.63, 3.8) is 0 Å². The molecule has 0 radical (unpaired) electrons. The average molecular weight is 288 g/mol. The number of anilines is 1. The second kappa shape index (κ2) is 5.33. The minimum atomic E-state index is -0.337. The zero-order valence-electron chi connectivity index (χ0n) is 12.0. The number of fused-ring (bicyclic) bond motifs is 1. The molecule has 0 bridgehead atoms. The Kier molecular flexibility index (Phi) is 3.51. The Hall–Kier alpha value is -2.14. The third-order valence-electron chi connectivity index (χ3n) is 3.93.